The summed E-state index contributed by atoms with van der Waals surface area (Å²) in [6.45, 7) is 2.18. The molecule has 4 unspecified atom stereocenters. The van der Waals surface area contributed by atoms with Crippen LogP contribution in [0.5, 0.6) is 0 Å². The monoisotopic (exact) mass is 369 g/mol. The Kier molecular flexibility index (Phi) is 5.07. The highest BCUT2D eigenvalue weighted by molar-refractivity contribution is 7.98. The van der Waals surface area contributed by atoms with Gasteiger partial charge in [-0.2, -0.15) is 0 Å². The Labute approximate surface area is 159 Å². The normalized spacial score (nSPS) is 25.4. The lowest BCUT2D eigenvalue weighted by atomic mass is 9.84. The van der Waals surface area contributed by atoms with E-state index in [9.17, 15) is 4.79 Å². The highest BCUT2D eigenvalue weighted by Crippen LogP contribution is 2.49. The Bertz CT molecular complexity index is 787. The summed E-state index contributed by atoms with van der Waals surface area (Å²) >= 11 is 1.69. The molecule has 2 aliphatic rings. The molecular weight excluding hydrogens is 342 g/mol. The van der Waals surface area contributed by atoms with Gasteiger partial charge in [0.25, 0.3) is 5.91 Å². The van der Waals surface area contributed by atoms with Gasteiger partial charge in [0, 0.05) is 36.8 Å². The van der Waals surface area contributed by atoms with Crippen LogP contribution in [-0.2, 0) is 12.8 Å². The highest BCUT2D eigenvalue weighted by Gasteiger charge is 2.42. The first-order valence-corrected chi connectivity index (χ1v) is 10.6. The molecule has 2 aliphatic carbocycles. The third-order valence-electron chi connectivity index (χ3n) is 6.13. The zero-order valence-electron chi connectivity index (χ0n) is 15.5. The number of aromatic nitrogens is 2. The zero-order valence-corrected chi connectivity index (χ0v) is 16.3. The first-order valence-electron chi connectivity index (χ1n) is 9.60. The van der Waals surface area contributed by atoms with E-state index in [0.717, 1.165) is 33.9 Å². The van der Waals surface area contributed by atoms with Gasteiger partial charge in [-0.05, 0) is 61.6 Å². The number of thioether (sulfide) groups is 1. The van der Waals surface area contributed by atoms with E-state index in [2.05, 4.69) is 23.3 Å². The molecular formula is C21H27N3OS. The second kappa shape index (κ2) is 7.47. The molecule has 2 fully saturated rings. The molecule has 1 heterocycles. The molecule has 1 aromatic heterocycles. The number of rotatable bonds is 6. The maximum atomic E-state index is 12.7. The lowest BCUT2D eigenvalue weighted by molar-refractivity contribution is 0.0915. The number of nitrogens with zero attached hydrogens (tertiary/aromatic N) is 2. The van der Waals surface area contributed by atoms with Crippen LogP contribution in [0.15, 0.2) is 41.8 Å². The number of carbonyl (C=O) groups is 1. The standard InChI is InChI=1S/C21H27N3OS/c1-14(19-12-15-6-7-17(19)10-15)23-20(25)18-5-3-4-16(11-18)13-26-21-22-8-9-24(21)2/h3-5,8-9,11,14-15,17,19H,6-7,10,12-13H2,1-2H3,(H,23,25). The van der Waals surface area contributed by atoms with Crippen molar-refractivity contribution in [1.82, 2.24) is 14.9 Å². The number of imidazole rings is 1. The molecule has 4 nitrogen and oxygen atoms in total. The number of carbonyl (C=O) groups excluding carboxylic acids is 1. The molecule has 0 spiro atoms. The molecule has 0 radical (unpaired) electrons. The van der Waals surface area contributed by atoms with Crippen molar-refractivity contribution in [2.75, 3.05) is 0 Å². The van der Waals surface area contributed by atoms with Gasteiger partial charge in [-0.3, -0.25) is 4.79 Å². The van der Waals surface area contributed by atoms with Crippen molar-refractivity contribution in [2.45, 2.75) is 49.6 Å². The van der Waals surface area contributed by atoms with Crippen molar-refractivity contribution >= 4 is 17.7 Å². The lowest BCUT2D eigenvalue weighted by Gasteiger charge is -2.28. The van der Waals surface area contributed by atoms with Gasteiger partial charge in [0.15, 0.2) is 5.16 Å². The molecule has 0 aliphatic heterocycles. The molecule has 1 amide bonds. The molecule has 1 N–H and O–H groups in total. The molecule has 26 heavy (non-hydrogen) atoms. The largest absolute Gasteiger partial charge is 0.349 e. The second-order valence-corrected chi connectivity index (χ2v) is 8.85. The molecule has 2 bridgehead atoms. The van der Waals surface area contributed by atoms with Crippen molar-refractivity contribution in [3.63, 3.8) is 0 Å². The van der Waals surface area contributed by atoms with E-state index in [0.29, 0.717) is 5.92 Å². The lowest BCUT2D eigenvalue weighted by Crippen LogP contribution is -2.40. The molecule has 4 atom stereocenters. The van der Waals surface area contributed by atoms with Gasteiger partial charge in [0.2, 0.25) is 0 Å². The number of hydrogen-bond acceptors (Lipinski definition) is 3. The maximum Gasteiger partial charge on any atom is 0.251 e. The van der Waals surface area contributed by atoms with Crippen LogP contribution in [0.25, 0.3) is 0 Å². The van der Waals surface area contributed by atoms with Crippen molar-refractivity contribution in [2.24, 2.45) is 24.8 Å². The third kappa shape index (κ3) is 3.68. The Hall–Kier alpha value is -1.75. The van der Waals surface area contributed by atoms with Crippen LogP contribution < -0.4 is 5.32 Å². The van der Waals surface area contributed by atoms with Crippen LogP contribution in [0.3, 0.4) is 0 Å². The Morgan fingerprint density at radius 3 is 2.96 bits per heavy atom. The van der Waals surface area contributed by atoms with E-state index >= 15 is 0 Å². The number of benzene rings is 1. The topological polar surface area (TPSA) is 46.9 Å². The van der Waals surface area contributed by atoms with E-state index in [1.807, 2.05) is 42.2 Å². The van der Waals surface area contributed by atoms with Crippen LogP contribution in [0.4, 0.5) is 0 Å². The van der Waals surface area contributed by atoms with Gasteiger partial charge >= 0.3 is 0 Å². The molecule has 2 saturated carbocycles. The summed E-state index contributed by atoms with van der Waals surface area (Å²) in [4.78, 5) is 17.1. The number of hydrogen-bond donors (Lipinski definition) is 1. The van der Waals surface area contributed by atoms with Gasteiger partial charge in [0.1, 0.15) is 0 Å². The van der Waals surface area contributed by atoms with Crippen molar-refractivity contribution in [3.05, 3.63) is 47.8 Å². The fraction of sp³-hybridized carbons (Fsp3) is 0.524. The van der Waals surface area contributed by atoms with Crippen LogP contribution in [0.1, 0.15) is 48.5 Å². The van der Waals surface area contributed by atoms with Crippen LogP contribution in [0, 0.1) is 17.8 Å². The third-order valence-corrected chi connectivity index (χ3v) is 7.26. The number of amides is 1. The van der Waals surface area contributed by atoms with Gasteiger partial charge in [-0.15, -0.1) is 0 Å². The predicted molar refractivity (Wildman–Crippen MR) is 105 cm³/mol. The van der Waals surface area contributed by atoms with E-state index in [1.54, 1.807) is 11.8 Å². The second-order valence-electron chi connectivity index (χ2n) is 7.91. The fourth-order valence-electron chi connectivity index (χ4n) is 4.74. The van der Waals surface area contributed by atoms with E-state index in [4.69, 9.17) is 0 Å². The molecule has 0 saturated heterocycles. The van der Waals surface area contributed by atoms with Crippen LogP contribution in [-0.4, -0.2) is 21.5 Å². The van der Waals surface area contributed by atoms with Gasteiger partial charge < -0.3 is 9.88 Å². The highest BCUT2D eigenvalue weighted by atomic mass is 32.2. The molecule has 4 rings (SSSR count). The summed E-state index contributed by atoms with van der Waals surface area (Å²) in [5, 5.41) is 4.26. The smallest absolute Gasteiger partial charge is 0.251 e. The van der Waals surface area contributed by atoms with E-state index in [-0.39, 0.29) is 11.9 Å². The number of aryl methyl sites for hydroxylation is 1. The minimum absolute atomic E-state index is 0.0594. The van der Waals surface area contributed by atoms with Gasteiger partial charge in [-0.25, -0.2) is 4.98 Å². The SMILES string of the molecule is CC(NC(=O)c1cccc(CSc2nccn2C)c1)C1CC2CCC1C2. The van der Waals surface area contributed by atoms with E-state index in [1.165, 1.54) is 25.7 Å². The zero-order chi connectivity index (χ0) is 18.1. The van der Waals surface area contributed by atoms with Gasteiger partial charge in [0.05, 0.1) is 0 Å². The Morgan fingerprint density at radius 2 is 2.27 bits per heavy atom. The molecule has 2 aromatic rings. The number of nitrogens with one attached hydrogen (secondary N) is 1. The summed E-state index contributed by atoms with van der Waals surface area (Å²) in [5.74, 6) is 3.28. The summed E-state index contributed by atoms with van der Waals surface area (Å²) < 4.78 is 2.01. The average Bonchev–Trinajstić information content (AvgIpc) is 3.37. The summed E-state index contributed by atoms with van der Waals surface area (Å²) in [6.07, 6.45) is 9.19. The molecule has 5 heteroatoms. The molecule has 138 valence electrons. The quantitative estimate of drug-likeness (QED) is 0.774. The van der Waals surface area contributed by atoms with Crippen molar-refractivity contribution < 1.29 is 4.79 Å². The Balaban J connectivity index is 1.36. The minimum atomic E-state index is 0.0594. The van der Waals surface area contributed by atoms with Crippen molar-refractivity contribution in [3.8, 4) is 0 Å². The first kappa shape index (κ1) is 17.7. The average molecular weight is 370 g/mol. The van der Waals surface area contributed by atoms with Gasteiger partial charge in [-0.1, -0.05) is 30.3 Å². The van der Waals surface area contributed by atoms with E-state index < -0.39 is 0 Å². The first-order chi connectivity index (χ1) is 12.6. The summed E-state index contributed by atoms with van der Waals surface area (Å²) in [5.41, 5.74) is 1.91. The summed E-state index contributed by atoms with van der Waals surface area (Å²) in [6, 6.07) is 8.25. The Morgan fingerprint density at radius 1 is 1.38 bits per heavy atom. The van der Waals surface area contributed by atoms with Crippen LogP contribution in [0.2, 0.25) is 0 Å². The molecule has 1 aromatic carbocycles. The predicted octanol–water partition coefficient (Wildman–Crippen LogP) is 4.27. The minimum Gasteiger partial charge on any atom is -0.349 e. The van der Waals surface area contributed by atoms with Crippen LogP contribution >= 0.6 is 11.8 Å². The summed E-state index contributed by atoms with van der Waals surface area (Å²) in [7, 11) is 2.00. The maximum absolute atomic E-state index is 12.7. The van der Waals surface area contributed by atoms with Crippen molar-refractivity contribution in [1.29, 1.82) is 0 Å². The fourth-order valence-corrected chi connectivity index (χ4v) is 5.62. The number of fused-ring (bicyclic) bond motifs is 2.